The number of amides is 2. The Hall–Kier alpha value is -2.60. The third-order valence-electron chi connectivity index (χ3n) is 5.99. The molecule has 2 aliphatic rings. The van der Waals surface area contributed by atoms with E-state index in [1.807, 2.05) is 12.1 Å². The van der Waals surface area contributed by atoms with Gasteiger partial charge in [0.2, 0.25) is 0 Å². The number of benzene rings is 1. The van der Waals surface area contributed by atoms with Crippen molar-refractivity contribution in [1.29, 1.82) is 0 Å². The lowest BCUT2D eigenvalue weighted by Crippen LogP contribution is -3.12. The van der Waals surface area contributed by atoms with Gasteiger partial charge in [0.1, 0.15) is 6.54 Å². The molecule has 0 bridgehead atoms. The van der Waals surface area contributed by atoms with E-state index in [0.717, 1.165) is 51.0 Å². The molecule has 0 radical (unpaired) electrons. The Balaban J connectivity index is 1.40. The summed E-state index contributed by atoms with van der Waals surface area (Å²) in [6, 6.07) is 12.4. The second-order valence-corrected chi connectivity index (χ2v) is 7.84. The molecule has 1 aliphatic heterocycles. The first kappa shape index (κ1) is 18.7. The number of quaternary nitrogens is 1. The van der Waals surface area contributed by atoms with E-state index >= 15 is 0 Å². The Morgan fingerprint density at radius 1 is 1.07 bits per heavy atom. The van der Waals surface area contributed by atoms with Crippen LogP contribution in [-0.2, 0) is 22.6 Å². The first-order valence-electron chi connectivity index (χ1n) is 10.2. The zero-order valence-electron chi connectivity index (χ0n) is 16.1. The van der Waals surface area contributed by atoms with Crippen LogP contribution in [0.15, 0.2) is 47.1 Å². The largest absolute Gasteiger partial charge is 0.463 e. The van der Waals surface area contributed by atoms with E-state index in [0.29, 0.717) is 6.54 Å². The average molecular weight is 382 g/mol. The maximum Gasteiger partial charge on any atom is 0.309 e. The number of nitrogens with one attached hydrogen (secondary N) is 3. The zero-order valence-corrected chi connectivity index (χ0v) is 16.1. The smallest absolute Gasteiger partial charge is 0.309 e. The van der Waals surface area contributed by atoms with Gasteiger partial charge in [-0.2, -0.15) is 0 Å². The maximum atomic E-state index is 12.3. The molecule has 28 heavy (non-hydrogen) atoms. The van der Waals surface area contributed by atoms with Crippen molar-refractivity contribution in [2.24, 2.45) is 0 Å². The van der Waals surface area contributed by atoms with Crippen LogP contribution in [0.25, 0.3) is 0 Å². The van der Waals surface area contributed by atoms with Gasteiger partial charge in [-0.05, 0) is 30.5 Å². The summed E-state index contributed by atoms with van der Waals surface area (Å²) in [6.45, 7) is 2.22. The van der Waals surface area contributed by atoms with E-state index in [1.165, 1.54) is 16.0 Å². The standard InChI is InChI=1S/C22H27N3O3/c26-21(22(27)24-18-8-3-4-9-18)23-14-19(20-10-5-13-28-20)25-12-11-16-6-1-2-7-17(16)15-25/h1-2,5-7,10,13,18-19H,3-4,8-9,11-12,14-15H2,(H,23,26)(H,24,27)/p+1/t19-/m1/s1. The molecule has 1 unspecified atom stereocenters. The lowest BCUT2D eigenvalue weighted by Gasteiger charge is -2.31. The minimum atomic E-state index is -0.555. The number of hydrogen-bond acceptors (Lipinski definition) is 3. The summed E-state index contributed by atoms with van der Waals surface area (Å²) in [5.41, 5.74) is 2.73. The minimum Gasteiger partial charge on any atom is -0.463 e. The third-order valence-corrected chi connectivity index (χ3v) is 5.99. The van der Waals surface area contributed by atoms with Crippen molar-refractivity contribution < 1.29 is 18.9 Å². The first-order valence-corrected chi connectivity index (χ1v) is 10.2. The van der Waals surface area contributed by atoms with Gasteiger partial charge in [0.05, 0.1) is 19.4 Å². The van der Waals surface area contributed by atoms with E-state index in [1.54, 1.807) is 6.26 Å². The highest BCUT2D eigenvalue weighted by Gasteiger charge is 2.31. The number of carbonyl (C=O) groups excluding carboxylic acids is 2. The molecule has 4 rings (SSSR count). The quantitative estimate of drug-likeness (QED) is 0.679. The zero-order chi connectivity index (χ0) is 19.3. The van der Waals surface area contributed by atoms with Crippen LogP contribution in [0.1, 0.15) is 48.6 Å². The van der Waals surface area contributed by atoms with Crippen LogP contribution in [0, 0.1) is 0 Å². The van der Waals surface area contributed by atoms with Crippen LogP contribution in [0.4, 0.5) is 0 Å². The maximum absolute atomic E-state index is 12.3. The summed E-state index contributed by atoms with van der Waals surface area (Å²) in [4.78, 5) is 25.8. The predicted octanol–water partition coefficient (Wildman–Crippen LogP) is 1.14. The SMILES string of the molecule is O=C(NC[C@H](c1ccco1)[NH+]1CCc2ccccc2C1)C(=O)NC1CCCC1. The molecule has 148 valence electrons. The summed E-state index contributed by atoms with van der Waals surface area (Å²) in [7, 11) is 0. The summed E-state index contributed by atoms with van der Waals surface area (Å²) in [6.07, 6.45) is 6.82. The molecule has 1 aromatic carbocycles. The van der Waals surface area contributed by atoms with E-state index in [9.17, 15) is 9.59 Å². The van der Waals surface area contributed by atoms with Crippen molar-refractivity contribution in [2.45, 2.75) is 50.7 Å². The van der Waals surface area contributed by atoms with Crippen LogP contribution in [-0.4, -0.2) is 30.9 Å². The summed E-state index contributed by atoms with van der Waals surface area (Å²) < 4.78 is 5.66. The molecule has 3 N–H and O–H groups in total. The monoisotopic (exact) mass is 382 g/mol. The average Bonchev–Trinajstić information content (AvgIpc) is 3.42. The highest BCUT2D eigenvalue weighted by Crippen LogP contribution is 2.18. The van der Waals surface area contributed by atoms with Crippen molar-refractivity contribution in [3.05, 3.63) is 59.5 Å². The lowest BCUT2D eigenvalue weighted by molar-refractivity contribution is -0.946. The van der Waals surface area contributed by atoms with Gasteiger partial charge in [-0.15, -0.1) is 0 Å². The molecule has 1 aromatic heterocycles. The van der Waals surface area contributed by atoms with Crippen molar-refractivity contribution in [3.63, 3.8) is 0 Å². The van der Waals surface area contributed by atoms with Crippen LogP contribution >= 0.6 is 0 Å². The van der Waals surface area contributed by atoms with E-state index in [-0.39, 0.29) is 12.1 Å². The molecule has 1 aliphatic carbocycles. The Morgan fingerprint density at radius 2 is 1.86 bits per heavy atom. The van der Waals surface area contributed by atoms with Gasteiger partial charge in [0, 0.05) is 18.0 Å². The van der Waals surface area contributed by atoms with Crippen LogP contribution in [0.3, 0.4) is 0 Å². The van der Waals surface area contributed by atoms with Crippen molar-refractivity contribution in [3.8, 4) is 0 Å². The molecular weight excluding hydrogens is 354 g/mol. The predicted molar refractivity (Wildman–Crippen MR) is 105 cm³/mol. The fraction of sp³-hybridized carbons (Fsp3) is 0.455. The summed E-state index contributed by atoms with van der Waals surface area (Å²) >= 11 is 0. The number of carbonyl (C=O) groups is 2. The second kappa shape index (κ2) is 8.61. The number of hydrogen-bond donors (Lipinski definition) is 3. The van der Waals surface area contributed by atoms with Crippen LogP contribution < -0.4 is 15.5 Å². The fourth-order valence-corrected chi connectivity index (χ4v) is 4.43. The minimum absolute atomic E-state index is 0.0217. The lowest BCUT2D eigenvalue weighted by atomic mass is 9.98. The Morgan fingerprint density at radius 3 is 2.61 bits per heavy atom. The van der Waals surface area contributed by atoms with Crippen molar-refractivity contribution in [1.82, 2.24) is 10.6 Å². The molecule has 2 atom stereocenters. The van der Waals surface area contributed by atoms with Gasteiger partial charge in [-0.1, -0.05) is 37.1 Å². The van der Waals surface area contributed by atoms with Crippen molar-refractivity contribution in [2.75, 3.05) is 13.1 Å². The van der Waals surface area contributed by atoms with Gasteiger partial charge in [0.25, 0.3) is 0 Å². The molecule has 6 heteroatoms. The highest BCUT2D eigenvalue weighted by molar-refractivity contribution is 6.35. The van der Waals surface area contributed by atoms with Crippen LogP contribution in [0.2, 0.25) is 0 Å². The van der Waals surface area contributed by atoms with Gasteiger partial charge in [0.15, 0.2) is 11.8 Å². The molecule has 2 aromatic rings. The molecular formula is C22H28N3O3+. The number of furan rings is 1. The Bertz CT molecular complexity index is 812. The molecule has 6 nitrogen and oxygen atoms in total. The normalized spacial score (nSPS) is 20.4. The number of rotatable bonds is 5. The molecule has 1 fully saturated rings. The van der Waals surface area contributed by atoms with Crippen LogP contribution in [0.5, 0.6) is 0 Å². The molecule has 0 spiro atoms. The van der Waals surface area contributed by atoms with Gasteiger partial charge < -0.3 is 20.0 Å². The van der Waals surface area contributed by atoms with E-state index in [4.69, 9.17) is 4.42 Å². The summed E-state index contributed by atoms with van der Waals surface area (Å²) in [5.74, 6) is -0.241. The summed E-state index contributed by atoms with van der Waals surface area (Å²) in [5, 5.41) is 5.68. The van der Waals surface area contributed by atoms with Gasteiger partial charge in [-0.3, -0.25) is 9.59 Å². The van der Waals surface area contributed by atoms with Gasteiger partial charge in [-0.25, -0.2) is 0 Å². The molecule has 1 saturated carbocycles. The number of fused-ring (bicyclic) bond motifs is 1. The topological polar surface area (TPSA) is 75.8 Å². The van der Waals surface area contributed by atoms with Gasteiger partial charge >= 0.3 is 11.8 Å². The Labute approximate surface area is 165 Å². The molecule has 2 heterocycles. The fourth-order valence-electron chi connectivity index (χ4n) is 4.43. The molecule has 2 amide bonds. The Kier molecular flexibility index (Phi) is 5.76. The highest BCUT2D eigenvalue weighted by atomic mass is 16.3. The molecule has 0 saturated heterocycles. The third kappa shape index (κ3) is 4.28. The second-order valence-electron chi connectivity index (χ2n) is 7.84. The van der Waals surface area contributed by atoms with Crippen molar-refractivity contribution >= 4 is 11.8 Å². The van der Waals surface area contributed by atoms with E-state index < -0.39 is 11.8 Å². The first-order chi connectivity index (χ1) is 13.7. The van der Waals surface area contributed by atoms with E-state index in [2.05, 4.69) is 34.9 Å².